The zero-order chi connectivity index (χ0) is 10.1. The molecular weight excluding hydrogens is 170 g/mol. The first-order valence-corrected chi connectivity index (χ1v) is 4.03. The maximum absolute atomic E-state index is 11.4. The number of aromatic nitrogens is 1. The molecule has 0 saturated heterocycles. The van der Waals surface area contributed by atoms with E-state index in [1.165, 1.54) is 6.39 Å². The summed E-state index contributed by atoms with van der Waals surface area (Å²) < 4.78 is 9.98. The summed E-state index contributed by atoms with van der Waals surface area (Å²) >= 11 is 0. The van der Waals surface area contributed by atoms with E-state index in [9.17, 15) is 4.79 Å². The highest BCUT2D eigenvalue weighted by atomic mass is 16.6. The van der Waals surface area contributed by atoms with Gasteiger partial charge in [-0.05, 0) is 27.7 Å². The van der Waals surface area contributed by atoms with E-state index < -0.39 is 11.6 Å². The van der Waals surface area contributed by atoms with Gasteiger partial charge in [0.2, 0.25) is 5.76 Å². The highest BCUT2D eigenvalue weighted by Crippen LogP contribution is 2.13. The molecule has 0 amide bonds. The summed E-state index contributed by atoms with van der Waals surface area (Å²) in [4.78, 5) is 15.2. The van der Waals surface area contributed by atoms with Crippen LogP contribution in [0, 0.1) is 6.92 Å². The normalized spacial score (nSPS) is 11.4. The van der Waals surface area contributed by atoms with E-state index in [-0.39, 0.29) is 5.76 Å². The molecule has 4 heteroatoms. The Morgan fingerprint density at radius 2 is 2.15 bits per heavy atom. The quantitative estimate of drug-likeness (QED) is 0.624. The number of ether oxygens (including phenoxy) is 1. The predicted octanol–water partition coefficient (Wildman–Crippen LogP) is 1.94. The summed E-state index contributed by atoms with van der Waals surface area (Å²) in [5, 5.41) is 0. The van der Waals surface area contributed by atoms with Crippen LogP contribution in [0.25, 0.3) is 0 Å². The van der Waals surface area contributed by atoms with Gasteiger partial charge in [-0.25, -0.2) is 9.78 Å². The lowest BCUT2D eigenvalue weighted by Crippen LogP contribution is -2.24. The fourth-order valence-electron chi connectivity index (χ4n) is 0.822. The van der Waals surface area contributed by atoms with Crippen LogP contribution in [0.3, 0.4) is 0 Å². The molecule has 0 spiro atoms. The van der Waals surface area contributed by atoms with Crippen LogP contribution < -0.4 is 0 Å². The molecule has 0 aliphatic heterocycles. The van der Waals surface area contributed by atoms with Crippen molar-refractivity contribution >= 4 is 5.97 Å². The van der Waals surface area contributed by atoms with E-state index in [1.54, 1.807) is 27.7 Å². The van der Waals surface area contributed by atoms with E-state index in [0.717, 1.165) is 0 Å². The van der Waals surface area contributed by atoms with Crippen molar-refractivity contribution in [2.45, 2.75) is 33.3 Å². The van der Waals surface area contributed by atoms with Gasteiger partial charge in [0.15, 0.2) is 6.39 Å². The van der Waals surface area contributed by atoms with E-state index >= 15 is 0 Å². The van der Waals surface area contributed by atoms with Gasteiger partial charge in [-0.15, -0.1) is 0 Å². The van der Waals surface area contributed by atoms with Crippen molar-refractivity contribution < 1.29 is 13.9 Å². The number of carbonyl (C=O) groups is 1. The summed E-state index contributed by atoms with van der Waals surface area (Å²) in [5.74, 6) is -0.294. The Morgan fingerprint density at radius 1 is 1.54 bits per heavy atom. The average Bonchev–Trinajstić information content (AvgIpc) is 2.30. The number of aryl methyl sites for hydroxylation is 1. The van der Waals surface area contributed by atoms with Crippen LogP contribution in [-0.4, -0.2) is 16.6 Å². The van der Waals surface area contributed by atoms with Crippen molar-refractivity contribution in [3.8, 4) is 0 Å². The molecule has 1 rings (SSSR count). The minimum Gasteiger partial charge on any atom is -0.454 e. The van der Waals surface area contributed by atoms with E-state index in [1.807, 2.05) is 0 Å². The molecule has 4 nitrogen and oxygen atoms in total. The van der Waals surface area contributed by atoms with Crippen molar-refractivity contribution in [2.75, 3.05) is 0 Å². The molecule has 0 atom stereocenters. The fraction of sp³-hybridized carbons (Fsp3) is 0.556. The molecule has 0 aliphatic carbocycles. The Hall–Kier alpha value is -1.32. The Bertz CT molecular complexity index is 309. The minimum absolute atomic E-state index is 0.176. The average molecular weight is 183 g/mol. The molecule has 0 bridgehead atoms. The van der Waals surface area contributed by atoms with Gasteiger partial charge in [0.25, 0.3) is 0 Å². The Balaban J connectivity index is 2.76. The van der Waals surface area contributed by atoms with Crippen LogP contribution in [0.5, 0.6) is 0 Å². The lowest BCUT2D eigenvalue weighted by atomic mass is 10.2. The molecule has 0 radical (unpaired) electrons. The summed E-state index contributed by atoms with van der Waals surface area (Å²) in [6.07, 6.45) is 1.23. The molecule has 0 aromatic carbocycles. The van der Waals surface area contributed by atoms with Crippen molar-refractivity contribution in [3.05, 3.63) is 17.8 Å². The monoisotopic (exact) mass is 183 g/mol. The van der Waals surface area contributed by atoms with Gasteiger partial charge in [-0.2, -0.15) is 0 Å². The van der Waals surface area contributed by atoms with Crippen LogP contribution in [0.1, 0.15) is 37.0 Å². The van der Waals surface area contributed by atoms with E-state index in [4.69, 9.17) is 9.15 Å². The first kappa shape index (κ1) is 9.77. The standard InChI is InChI=1S/C9H13NO3/c1-6-7(12-5-10-6)8(11)13-9(2,3)4/h5H,1-4H3. The predicted molar refractivity (Wildman–Crippen MR) is 46.4 cm³/mol. The second-order valence-corrected chi connectivity index (χ2v) is 3.77. The van der Waals surface area contributed by atoms with Gasteiger partial charge in [0.1, 0.15) is 5.60 Å². The molecule has 0 aliphatic rings. The van der Waals surface area contributed by atoms with Crippen molar-refractivity contribution in [3.63, 3.8) is 0 Å². The second kappa shape index (κ2) is 3.20. The van der Waals surface area contributed by atoms with Gasteiger partial charge in [-0.1, -0.05) is 0 Å². The molecule has 1 aromatic heterocycles. The summed E-state index contributed by atoms with van der Waals surface area (Å²) in [6.45, 7) is 7.10. The summed E-state index contributed by atoms with van der Waals surface area (Å²) in [7, 11) is 0. The highest BCUT2D eigenvalue weighted by molar-refractivity contribution is 5.87. The first-order valence-electron chi connectivity index (χ1n) is 4.03. The Morgan fingerprint density at radius 3 is 2.54 bits per heavy atom. The van der Waals surface area contributed by atoms with Crippen molar-refractivity contribution in [1.82, 2.24) is 4.98 Å². The molecule has 72 valence electrons. The van der Waals surface area contributed by atoms with E-state index in [0.29, 0.717) is 5.69 Å². The molecule has 0 saturated carbocycles. The fourth-order valence-corrected chi connectivity index (χ4v) is 0.822. The smallest absolute Gasteiger partial charge is 0.376 e. The molecular formula is C9H13NO3. The van der Waals surface area contributed by atoms with Crippen LogP contribution in [0.15, 0.2) is 10.8 Å². The summed E-state index contributed by atoms with van der Waals surface area (Å²) in [6, 6.07) is 0. The van der Waals surface area contributed by atoms with Crippen LogP contribution in [0.2, 0.25) is 0 Å². The van der Waals surface area contributed by atoms with Gasteiger partial charge < -0.3 is 9.15 Å². The number of hydrogen-bond acceptors (Lipinski definition) is 4. The van der Waals surface area contributed by atoms with Crippen LogP contribution in [0.4, 0.5) is 0 Å². The first-order chi connectivity index (χ1) is 5.90. The van der Waals surface area contributed by atoms with Crippen molar-refractivity contribution in [2.24, 2.45) is 0 Å². The third-order valence-corrected chi connectivity index (χ3v) is 1.33. The van der Waals surface area contributed by atoms with Crippen molar-refractivity contribution in [1.29, 1.82) is 0 Å². The number of nitrogens with zero attached hydrogens (tertiary/aromatic N) is 1. The number of esters is 1. The molecule has 1 heterocycles. The molecule has 0 N–H and O–H groups in total. The lowest BCUT2D eigenvalue weighted by molar-refractivity contribution is 0.00350. The molecule has 1 aromatic rings. The number of oxazole rings is 1. The number of hydrogen-bond donors (Lipinski definition) is 0. The number of carbonyl (C=O) groups excluding carboxylic acids is 1. The maximum atomic E-state index is 11.4. The largest absolute Gasteiger partial charge is 0.454 e. The Kier molecular flexibility index (Phi) is 2.40. The topological polar surface area (TPSA) is 52.3 Å². The van der Waals surface area contributed by atoms with E-state index in [2.05, 4.69) is 4.98 Å². The van der Waals surface area contributed by atoms with Gasteiger partial charge in [-0.3, -0.25) is 0 Å². The lowest BCUT2D eigenvalue weighted by Gasteiger charge is -2.18. The second-order valence-electron chi connectivity index (χ2n) is 3.77. The maximum Gasteiger partial charge on any atom is 0.376 e. The van der Waals surface area contributed by atoms with Gasteiger partial charge >= 0.3 is 5.97 Å². The Labute approximate surface area is 76.9 Å². The molecule has 13 heavy (non-hydrogen) atoms. The zero-order valence-electron chi connectivity index (χ0n) is 8.25. The highest BCUT2D eigenvalue weighted by Gasteiger charge is 2.22. The minimum atomic E-state index is -0.504. The van der Waals surface area contributed by atoms with Crippen LogP contribution in [-0.2, 0) is 4.74 Å². The SMILES string of the molecule is Cc1ncoc1C(=O)OC(C)(C)C. The number of rotatable bonds is 1. The van der Waals surface area contributed by atoms with Crippen LogP contribution >= 0.6 is 0 Å². The molecule has 0 fully saturated rings. The third-order valence-electron chi connectivity index (χ3n) is 1.33. The molecule has 0 unspecified atom stereocenters. The zero-order valence-corrected chi connectivity index (χ0v) is 8.25. The third kappa shape index (κ3) is 2.57. The van der Waals surface area contributed by atoms with Gasteiger partial charge in [0, 0.05) is 0 Å². The van der Waals surface area contributed by atoms with Gasteiger partial charge in [0.05, 0.1) is 5.69 Å². The summed E-state index contributed by atoms with van der Waals surface area (Å²) in [5.41, 5.74) is 0.0466.